The number of hydrogen-bond donors (Lipinski definition) is 0. The lowest BCUT2D eigenvalue weighted by molar-refractivity contribution is -0.129. The maximum absolute atomic E-state index is 12.5. The molecule has 1 fully saturated rings. The first-order chi connectivity index (χ1) is 12.5. The SMILES string of the molecule is COc1ccc(Cl)cc1CN(C)C(=O)Cc1csc(N2CCCC2=O)n1. The zero-order valence-corrected chi connectivity index (χ0v) is 16.3. The fourth-order valence-electron chi connectivity index (χ4n) is 2.86. The average molecular weight is 394 g/mol. The predicted molar refractivity (Wildman–Crippen MR) is 102 cm³/mol. The van der Waals surface area contributed by atoms with Gasteiger partial charge in [-0.1, -0.05) is 11.6 Å². The van der Waals surface area contributed by atoms with E-state index < -0.39 is 0 Å². The molecule has 2 heterocycles. The van der Waals surface area contributed by atoms with E-state index in [1.165, 1.54) is 11.3 Å². The summed E-state index contributed by atoms with van der Waals surface area (Å²) in [6.07, 6.45) is 1.62. The van der Waals surface area contributed by atoms with Gasteiger partial charge in [0.05, 0.1) is 19.2 Å². The van der Waals surface area contributed by atoms with Crippen LogP contribution >= 0.6 is 22.9 Å². The third-order valence-corrected chi connectivity index (χ3v) is 5.40. The van der Waals surface area contributed by atoms with Crippen LogP contribution in [-0.2, 0) is 22.6 Å². The van der Waals surface area contributed by atoms with E-state index in [0.29, 0.717) is 41.1 Å². The topological polar surface area (TPSA) is 62.7 Å². The van der Waals surface area contributed by atoms with E-state index in [2.05, 4.69) is 4.98 Å². The zero-order chi connectivity index (χ0) is 18.7. The Balaban J connectivity index is 1.64. The first-order valence-corrected chi connectivity index (χ1v) is 9.55. The second kappa shape index (κ2) is 8.05. The van der Waals surface area contributed by atoms with Gasteiger partial charge in [-0.05, 0) is 24.6 Å². The molecule has 1 aliphatic heterocycles. The van der Waals surface area contributed by atoms with Crippen molar-refractivity contribution in [3.63, 3.8) is 0 Å². The van der Waals surface area contributed by atoms with Crippen molar-refractivity contribution in [2.75, 3.05) is 25.6 Å². The second-order valence-corrected chi connectivity index (χ2v) is 7.43. The summed E-state index contributed by atoms with van der Waals surface area (Å²) in [5.41, 5.74) is 1.53. The summed E-state index contributed by atoms with van der Waals surface area (Å²) in [5.74, 6) is 0.733. The van der Waals surface area contributed by atoms with Crippen LogP contribution in [0, 0.1) is 0 Å². The number of hydrogen-bond acceptors (Lipinski definition) is 5. The first kappa shape index (κ1) is 18.7. The Bertz CT molecular complexity index is 824. The van der Waals surface area contributed by atoms with Gasteiger partial charge in [-0.25, -0.2) is 4.98 Å². The molecule has 0 radical (unpaired) electrons. The smallest absolute Gasteiger partial charge is 0.228 e. The number of ether oxygens (including phenoxy) is 1. The van der Waals surface area contributed by atoms with Crippen LogP contribution in [-0.4, -0.2) is 42.4 Å². The zero-order valence-electron chi connectivity index (χ0n) is 14.7. The molecule has 0 spiro atoms. The maximum Gasteiger partial charge on any atom is 0.228 e. The Hall–Kier alpha value is -2.12. The van der Waals surface area contributed by atoms with Gasteiger partial charge < -0.3 is 9.64 Å². The number of halogens is 1. The number of amides is 2. The third-order valence-electron chi connectivity index (χ3n) is 4.25. The van der Waals surface area contributed by atoms with Crippen molar-refractivity contribution in [2.45, 2.75) is 25.8 Å². The molecule has 0 aliphatic carbocycles. The number of anilines is 1. The van der Waals surface area contributed by atoms with E-state index in [1.54, 1.807) is 42.2 Å². The molecule has 0 saturated carbocycles. The van der Waals surface area contributed by atoms with Crippen LogP contribution < -0.4 is 9.64 Å². The Morgan fingerprint density at radius 3 is 2.96 bits per heavy atom. The van der Waals surface area contributed by atoms with Gasteiger partial charge in [0.25, 0.3) is 0 Å². The molecule has 2 amide bonds. The molecule has 0 unspecified atom stereocenters. The molecule has 0 bridgehead atoms. The monoisotopic (exact) mass is 393 g/mol. The van der Waals surface area contributed by atoms with Crippen LogP contribution in [0.2, 0.25) is 5.02 Å². The number of carbonyl (C=O) groups excluding carboxylic acids is 2. The summed E-state index contributed by atoms with van der Waals surface area (Å²) in [6.45, 7) is 1.10. The molecule has 1 aromatic carbocycles. The fraction of sp³-hybridized carbons (Fsp3) is 0.389. The quantitative estimate of drug-likeness (QED) is 0.756. The average Bonchev–Trinajstić information content (AvgIpc) is 3.23. The highest BCUT2D eigenvalue weighted by molar-refractivity contribution is 7.14. The Morgan fingerprint density at radius 1 is 1.46 bits per heavy atom. The molecular formula is C18H20ClN3O3S. The Labute approximate surface area is 161 Å². The number of thiazole rings is 1. The number of benzene rings is 1. The number of nitrogens with zero attached hydrogens (tertiary/aromatic N) is 3. The highest BCUT2D eigenvalue weighted by atomic mass is 35.5. The minimum Gasteiger partial charge on any atom is -0.496 e. The van der Waals surface area contributed by atoms with E-state index in [1.807, 2.05) is 5.38 Å². The molecule has 26 heavy (non-hydrogen) atoms. The van der Waals surface area contributed by atoms with Gasteiger partial charge in [-0.3, -0.25) is 14.5 Å². The summed E-state index contributed by atoms with van der Waals surface area (Å²) < 4.78 is 5.32. The van der Waals surface area contributed by atoms with Crippen LogP contribution in [0.15, 0.2) is 23.6 Å². The minimum atomic E-state index is -0.0587. The van der Waals surface area contributed by atoms with Gasteiger partial charge in [0, 0.05) is 42.5 Å². The van der Waals surface area contributed by atoms with Gasteiger partial charge in [-0.2, -0.15) is 0 Å². The third kappa shape index (κ3) is 4.16. The van der Waals surface area contributed by atoms with Crippen molar-refractivity contribution in [1.82, 2.24) is 9.88 Å². The highest BCUT2D eigenvalue weighted by Crippen LogP contribution is 2.26. The lowest BCUT2D eigenvalue weighted by atomic mass is 10.2. The molecule has 138 valence electrons. The summed E-state index contributed by atoms with van der Waals surface area (Å²) in [5, 5.41) is 3.11. The molecule has 3 rings (SSSR count). The van der Waals surface area contributed by atoms with Crippen LogP contribution in [0.3, 0.4) is 0 Å². The number of likely N-dealkylation sites (N-methyl/N-ethyl adjacent to an activating group) is 1. The molecule has 0 N–H and O–H groups in total. The van der Waals surface area contributed by atoms with Crippen LogP contribution in [0.25, 0.3) is 0 Å². The van der Waals surface area contributed by atoms with Crippen LogP contribution in [0.5, 0.6) is 5.75 Å². The van der Waals surface area contributed by atoms with Gasteiger partial charge in [0.2, 0.25) is 11.8 Å². The largest absolute Gasteiger partial charge is 0.496 e. The van der Waals surface area contributed by atoms with Crippen molar-refractivity contribution in [1.29, 1.82) is 0 Å². The minimum absolute atomic E-state index is 0.0587. The molecule has 6 nitrogen and oxygen atoms in total. The summed E-state index contributed by atoms with van der Waals surface area (Å²) in [6, 6.07) is 5.34. The fourth-order valence-corrected chi connectivity index (χ4v) is 3.92. The molecular weight excluding hydrogens is 374 g/mol. The van der Waals surface area contributed by atoms with E-state index in [0.717, 1.165) is 12.0 Å². The predicted octanol–water partition coefficient (Wildman–Crippen LogP) is 3.13. The molecule has 2 aromatic rings. The lowest BCUT2D eigenvalue weighted by Gasteiger charge is -2.18. The van der Waals surface area contributed by atoms with Crippen molar-refractivity contribution < 1.29 is 14.3 Å². The second-order valence-electron chi connectivity index (χ2n) is 6.15. The van der Waals surface area contributed by atoms with Gasteiger partial charge in [0.1, 0.15) is 5.75 Å². The van der Waals surface area contributed by atoms with Crippen molar-refractivity contribution in [2.24, 2.45) is 0 Å². The van der Waals surface area contributed by atoms with Crippen molar-refractivity contribution in [3.8, 4) is 5.75 Å². The molecule has 8 heteroatoms. The maximum atomic E-state index is 12.5. The number of carbonyl (C=O) groups is 2. The Kier molecular flexibility index (Phi) is 5.78. The summed E-state index contributed by atoms with van der Waals surface area (Å²) >= 11 is 7.45. The van der Waals surface area contributed by atoms with Crippen molar-refractivity contribution in [3.05, 3.63) is 39.9 Å². The van der Waals surface area contributed by atoms with Gasteiger partial charge in [0.15, 0.2) is 5.13 Å². The van der Waals surface area contributed by atoms with E-state index in [4.69, 9.17) is 16.3 Å². The van der Waals surface area contributed by atoms with E-state index in [9.17, 15) is 9.59 Å². The number of aromatic nitrogens is 1. The summed E-state index contributed by atoms with van der Waals surface area (Å²) in [7, 11) is 3.32. The number of rotatable bonds is 6. The molecule has 1 aliphatic rings. The molecule has 0 atom stereocenters. The van der Waals surface area contributed by atoms with Crippen LogP contribution in [0.4, 0.5) is 5.13 Å². The Morgan fingerprint density at radius 2 is 2.27 bits per heavy atom. The van der Waals surface area contributed by atoms with Crippen molar-refractivity contribution >= 4 is 39.9 Å². The van der Waals surface area contributed by atoms with Crippen LogP contribution in [0.1, 0.15) is 24.1 Å². The first-order valence-electron chi connectivity index (χ1n) is 8.29. The number of methoxy groups -OCH3 is 1. The normalized spacial score (nSPS) is 14.0. The molecule has 1 aromatic heterocycles. The highest BCUT2D eigenvalue weighted by Gasteiger charge is 2.24. The standard InChI is InChI=1S/C18H20ClN3O3S/c1-21(10-12-8-13(19)5-6-15(12)25-2)17(24)9-14-11-26-18(20-14)22-7-3-4-16(22)23/h5-6,8,11H,3-4,7,9-10H2,1-2H3. The van der Waals surface area contributed by atoms with Gasteiger partial charge >= 0.3 is 0 Å². The lowest BCUT2D eigenvalue weighted by Crippen LogP contribution is -2.28. The van der Waals surface area contributed by atoms with E-state index >= 15 is 0 Å². The van der Waals surface area contributed by atoms with Gasteiger partial charge in [-0.15, -0.1) is 11.3 Å². The molecule has 1 saturated heterocycles. The summed E-state index contributed by atoms with van der Waals surface area (Å²) in [4.78, 5) is 32.1. The van der Waals surface area contributed by atoms with E-state index in [-0.39, 0.29) is 18.2 Å².